The zero-order valence-corrected chi connectivity index (χ0v) is 14.9. The summed E-state index contributed by atoms with van der Waals surface area (Å²) < 4.78 is 0. The smallest absolute Gasteiger partial charge is 0.226 e. The van der Waals surface area contributed by atoms with Crippen molar-refractivity contribution >= 4 is 11.7 Å². The number of rotatable bonds is 2. The van der Waals surface area contributed by atoms with Crippen molar-refractivity contribution in [3.8, 4) is 0 Å². The lowest BCUT2D eigenvalue weighted by Gasteiger charge is -2.52. The Hall–Kier alpha value is -2.44. The van der Waals surface area contributed by atoms with Gasteiger partial charge in [-0.2, -0.15) is 0 Å². The number of hydrogen-bond acceptors (Lipinski definition) is 5. The lowest BCUT2D eigenvalue weighted by Crippen LogP contribution is -2.60. The molecule has 1 saturated heterocycles. The molecule has 7 heteroatoms. The molecule has 1 spiro atoms. The second-order valence-electron chi connectivity index (χ2n) is 7.68. The fourth-order valence-corrected chi connectivity index (χ4v) is 4.74. The first-order valence-electron chi connectivity index (χ1n) is 9.63. The quantitative estimate of drug-likeness (QED) is 0.893. The Morgan fingerprint density at radius 3 is 2.69 bits per heavy atom. The molecule has 1 saturated carbocycles. The molecule has 136 valence electrons. The molecule has 0 aromatic carbocycles. The van der Waals surface area contributed by atoms with Gasteiger partial charge in [-0.15, -0.1) is 0 Å². The summed E-state index contributed by atoms with van der Waals surface area (Å²) in [6.07, 6.45) is 13.0. The maximum Gasteiger partial charge on any atom is 0.226 e. The van der Waals surface area contributed by atoms with Crippen molar-refractivity contribution < 1.29 is 4.79 Å². The minimum atomic E-state index is -0.265. The SMILES string of the molecule is O=C(C1CCC1)N1CCc2[nH]cnc2C12CCN(c1cnccn1)CC2. The van der Waals surface area contributed by atoms with Gasteiger partial charge >= 0.3 is 0 Å². The van der Waals surface area contributed by atoms with Gasteiger partial charge in [0, 0.05) is 50.1 Å². The predicted octanol–water partition coefficient (Wildman–Crippen LogP) is 1.88. The zero-order valence-electron chi connectivity index (χ0n) is 14.9. The maximum absolute atomic E-state index is 13.2. The molecular formula is C19H24N6O. The Balaban J connectivity index is 1.45. The van der Waals surface area contributed by atoms with Gasteiger partial charge in [0.05, 0.1) is 23.8 Å². The lowest BCUT2D eigenvalue weighted by molar-refractivity contribution is -0.147. The Labute approximate surface area is 152 Å². The number of H-pyrrole nitrogens is 1. The van der Waals surface area contributed by atoms with E-state index in [1.165, 1.54) is 12.1 Å². The van der Waals surface area contributed by atoms with E-state index in [1.807, 2.05) is 6.20 Å². The highest BCUT2D eigenvalue weighted by atomic mass is 16.2. The van der Waals surface area contributed by atoms with E-state index in [0.29, 0.717) is 5.91 Å². The molecule has 1 amide bonds. The number of nitrogens with one attached hydrogen (secondary N) is 1. The van der Waals surface area contributed by atoms with Crippen LogP contribution >= 0.6 is 0 Å². The van der Waals surface area contributed by atoms with Crippen molar-refractivity contribution in [2.75, 3.05) is 24.5 Å². The molecule has 4 heterocycles. The fraction of sp³-hybridized carbons (Fsp3) is 0.579. The highest BCUT2D eigenvalue weighted by Gasteiger charge is 2.50. The van der Waals surface area contributed by atoms with E-state index in [1.54, 1.807) is 18.7 Å². The van der Waals surface area contributed by atoms with Crippen LogP contribution in [-0.4, -0.2) is 50.4 Å². The first-order chi connectivity index (χ1) is 12.8. The van der Waals surface area contributed by atoms with Crippen molar-refractivity contribution in [1.29, 1.82) is 0 Å². The number of carbonyl (C=O) groups is 1. The lowest BCUT2D eigenvalue weighted by atomic mass is 9.76. The summed E-state index contributed by atoms with van der Waals surface area (Å²) in [6, 6.07) is 0. The molecular weight excluding hydrogens is 328 g/mol. The van der Waals surface area contributed by atoms with Gasteiger partial charge in [0.15, 0.2) is 0 Å². The number of amides is 1. The highest BCUT2D eigenvalue weighted by Crippen LogP contribution is 2.44. The predicted molar refractivity (Wildman–Crippen MR) is 96.5 cm³/mol. The van der Waals surface area contributed by atoms with Crippen molar-refractivity contribution in [3.63, 3.8) is 0 Å². The highest BCUT2D eigenvalue weighted by molar-refractivity contribution is 5.81. The zero-order chi connectivity index (χ0) is 17.6. The van der Waals surface area contributed by atoms with Gasteiger partial charge in [-0.25, -0.2) is 9.97 Å². The third-order valence-corrected chi connectivity index (χ3v) is 6.45. The van der Waals surface area contributed by atoms with Gasteiger partial charge < -0.3 is 14.8 Å². The molecule has 2 aromatic rings. The normalized spacial score (nSPS) is 22.2. The van der Waals surface area contributed by atoms with Crippen LogP contribution in [0.5, 0.6) is 0 Å². The topological polar surface area (TPSA) is 78.0 Å². The first kappa shape index (κ1) is 15.8. The van der Waals surface area contributed by atoms with Gasteiger partial charge in [0.1, 0.15) is 5.82 Å². The van der Waals surface area contributed by atoms with Gasteiger partial charge in [0.25, 0.3) is 0 Å². The molecule has 7 nitrogen and oxygen atoms in total. The summed E-state index contributed by atoms with van der Waals surface area (Å²) in [4.78, 5) is 34.2. The molecule has 2 aliphatic heterocycles. The first-order valence-corrected chi connectivity index (χ1v) is 9.63. The summed E-state index contributed by atoms with van der Waals surface area (Å²) in [5.74, 6) is 1.49. The summed E-state index contributed by atoms with van der Waals surface area (Å²) in [5.41, 5.74) is 2.03. The van der Waals surface area contributed by atoms with Crippen LogP contribution in [0.25, 0.3) is 0 Å². The van der Waals surface area contributed by atoms with Crippen molar-refractivity contribution in [2.45, 2.75) is 44.1 Å². The van der Waals surface area contributed by atoms with Crippen LogP contribution in [0.1, 0.15) is 43.5 Å². The van der Waals surface area contributed by atoms with Crippen molar-refractivity contribution in [2.24, 2.45) is 5.92 Å². The maximum atomic E-state index is 13.2. The molecule has 3 aliphatic rings. The second kappa shape index (κ2) is 6.07. The number of imidazole rings is 1. The third-order valence-electron chi connectivity index (χ3n) is 6.45. The number of anilines is 1. The minimum absolute atomic E-state index is 0.227. The molecule has 2 aromatic heterocycles. The second-order valence-corrected chi connectivity index (χ2v) is 7.68. The van der Waals surface area contributed by atoms with Crippen LogP contribution < -0.4 is 4.90 Å². The summed E-state index contributed by atoms with van der Waals surface area (Å²) in [7, 11) is 0. The Morgan fingerprint density at radius 2 is 2.00 bits per heavy atom. The Bertz CT molecular complexity index is 791. The van der Waals surface area contributed by atoms with E-state index in [9.17, 15) is 4.79 Å². The Morgan fingerprint density at radius 1 is 1.15 bits per heavy atom. The molecule has 0 bridgehead atoms. The fourth-order valence-electron chi connectivity index (χ4n) is 4.74. The summed E-state index contributed by atoms with van der Waals surface area (Å²) in [6.45, 7) is 2.52. The van der Waals surface area contributed by atoms with Crippen LogP contribution in [0.15, 0.2) is 24.9 Å². The third kappa shape index (κ3) is 2.33. The van der Waals surface area contributed by atoms with E-state index < -0.39 is 0 Å². The van der Waals surface area contributed by atoms with Crippen LogP contribution in [0, 0.1) is 5.92 Å². The van der Waals surface area contributed by atoms with Crippen LogP contribution in [-0.2, 0) is 16.8 Å². The number of nitrogens with zero attached hydrogens (tertiary/aromatic N) is 5. The molecule has 5 rings (SSSR count). The summed E-state index contributed by atoms with van der Waals surface area (Å²) >= 11 is 0. The largest absolute Gasteiger partial charge is 0.355 e. The van der Waals surface area contributed by atoms with Gasteiger partial charge in [-0.3, -0.25) is 9.78 Å². The van der Waals surface area contributed by atoms with E-state index >= 15 is 0 Å². The number of fused-ring (bicyclic) bond motifs is 2. The van der Waals surface area contributed by atoms with Crippen molar-refractivity contribution in [1.82, 2.24) is 24.8 Å². The minimum Gasteiger partial charge on any atom is -0.355 e. The molecule has 0 atom stereocenters. The number of aromatic amines is 1. The molecule has 0 unspecified atom stereocenters. The molecule has 2 fully saturated rings. The standard InChI is InChI=1S/C19H24N6O/c26-18(14-2-1-3-14)25-9-4-15-17(23-13-22-15)19(25)5-10-24(11-6-19)16-12-20-7-8-21-16/h7-8,12-14H,1-6,9-11H2,(H,22,23). The van der Waals surface area contributed by atoms with Crippen LogP contribution in [0.2, 0.25) is 0 Å². The monoisotopic (exact) mass is 352 g/mol. The number of piperidine rings is 1. The van der Waals surface area contributed by atoms with Crippen LogP contribution in [0.3, 0.4) is 0 Å². The average molecular weight is 352 g/mol. The van der Waals surface area contributed by atoms with Crippen LogP contribution in [0.4, 0.5) is 5.82 Å². The van der Waals surface area contributed by atoms with Crippen molar-refractivity contribution in [3.05, 3.63) is 36.3 Å². The number of aromatic nitrogens is 4. The van der Waals surface area contributed by atoms with Gasteiger partial charge in [-0.1, -0.05) is 6.42 Å². The van der Waals surface area contributed by atoms with E-state index in [2.05, 4.69) is 29.7 Å². The van der Waals surface area contributed by atoms with E-state index in [0.717, 1.165) is 63.3 Å². The van der Waals surface area contributed by atoms with E-state index in [-0.39, 0.29) is 11.5 Å². The Kier molecular flexibility index (Phi) is 3.69. The van der Waals surface area contributed by atoms with Gasteiger partial charge in [-0.05, 0) is 25.7 Å². The molecule has 1 N–H and O–H groups in total. The van der Waals surface area contributed by atoms with Gasteiger partial charge in [0.2, 0.25) is 5.91 Å². The number of hydrogen-bond donors (Lipinski definition) is 1. The molecule has 26 heavy (non-hydrogen) atoms. The molecule has 1 aliphatic carbocycles. The average Bonchev–Trinajstić information content (AvgIpc) is 3.12. The summed E-state index contributed by atoms with van der Waals surface area (Å²) in [5, 5.41) is 0. The number of carbonyl (C=O) groups excluding carboxylic acids is 1. The van der Waals surface area contributed by atoms with E-state index in [4.69, 9.17) is 0 Å². The molecule has 0 radical (unpaired) electrons.